The summed E-state index contributed by atoms with van der Waals surface area (Å²) in [7, 11) is 0. The molecule has 0 aromatic carbocycles. The van der Waals surface area contributed by atoms with E-state index in [1.54, 1.807) is 11.1 Å². The van der Waals surface area contributed by atoms with Gasteiger partial charge in [-0.25, -0.2) is 0 Å². The summed E-state index contributed by atoms with van der Waals surface area (Å²) in [6, 6.07) is 0. The summed E-state index contributed by atoms with van der Waals surface area (Å²) >= 11 is 0. The van der Waals surface area contributed by atoms with E-state index in [-0.39, 0.29) is 0 Å². The monoisotopic (exact) mass is 308 g/mol. The van der Waals surface area contributed by atoms with E-state index in [0.717, 1.165) is 31.1 Å². The summed E-state index contributed by atoms with van der Waals surface area (Å²) in [5, 5.41) is 0. The normalized spacial score (nSPS) is 42.2. The van der Waals surface area contributed by atoms with Crippen LogP contribution in [0, 0.1) is 40.9 Å². The molecule has 0 saturated heterocycles. The van der Waals surface area contributed by atoms with Crippen LogP contribution in [-0.4, -0.2) is 5.78 Å². The predicted molar refractivity (Wildman–Crippen MR) is 93.6 cm³/mol. The molecule has 0 radical (unpaired) electrons. The lowest BCUT2D eigenvalue weighted by molar-refractivity contribution is -0.114. The van der Waals surface area contributed by atoms with Crippen molar-refractivity contribution in [2.24, 2.45) is 29.1 Å². The van der Waals surface area contributed by atoms with Crippen molar-refractivity contribution in [1.82, 2.24) is 0 Å². The number of rotatable bonds is 0. The molecule has 0 aromatic rings. The number of carbonyl (C=O) groups excluding carboxylic acids is 1. The maximum Gasteiger partial charge on any atom is 0.156 e. The summed E-state index contributed by atoms with van der Waals surface area (Å²) in [6.07, 6.45) is 10.00. The number of fused-ring (bicyclic) bond motifs is 4. The Balaban J connectivity index is 1.76. The Hall–Kier alpha value is -1.29. The molecule has 1 nitrogen and oxygen atoms in total. The Kier molecular flexibility index (Phi) is 3.56. The van der Waals surface area contributed by atoms with Crippen LogP contribution in [-0.2, 0) is 4.79 Å². The third-order valence-electron chi connectivity index (χ3n) is 7.31. The van der Waals surface area contributed by atoms with Crippen molar-refractivity contribution in [2.45, 2.75) is 65.7 Å². The molecular weight excluding hydrogens is 280 g/mol. The second kappa shape index (κ2) is 5.37. The Bertz CT molecular complexity index is 668. The van der Waals surface area contributed by atoms with Gasteiger partial charge in [0.15, 0.2) is 5.78 Å². The molecule has 0 aliphatic heterocycles. The summed E-state index contributed by atoms with van der Waals surface area (Å²) in [6.45, 7) is 6.95. The highest BCUT2D eigenvalue weighted by Gasteiger charge is 2.55. The molecule has 23 heavy (non-hydrogen) atoms. The zero-order valence-electron chi connectivity index (χ0n) is 14.7. The van der Waals surface area contributed by atoms with Crippen molar-refractivity contribution in [2.75, 3.05) is 0 Å². The largest absolute Gasteiger partial charge is 0.295 e. The van der Waals surface area contributed by atoms with Crippen molar-refractivity contribution in [1.29, 1.82) is 0 Å². The van der Waals surface area contributed by atoms with Crippen LogP contribution >= 0.6 is 0 Å². The van der Waals surface area contributed by atoms with Crippen LogP contribution in [0.25, 0.3) is 0 Å². The second-order valence-electron chi connectivity index (χ2n) is 8.46. The van der Waals surface area contributed by atoms with Gasteiger partial charge in [-0.1, -0.05) is 25.3 Å². The van der Waals surface area contributed by atoms with Crippen molar-refractivity contribution >= 4 is 5.78 Å². The topological polar surface area (TPSA) is 17.1 Å². The van der Waals surface area contributed by atoms with Crippen LogP contribution in [0.2, 0.25) is 0 Å². The molecule has 5 unspecified atom stereocenters. The van der Waals surface area contributed by atoms with E-state index in [4.69, 9.17) is 0 Å². The van der Waals surface area contributed by atoms with Crippen molar-refractivity contribution in [3.8, 4) is 11.8 Å². The Morgan fingerprint density at radius 2 is 2.00 bits per heavy atom. The van der Waals surface area contributed by atoms with Gasteiger partial charge < -0.3 is 0 Å². The van der Waals surface area contributed by atoms with Crippen LogP contribution in [0.15, 0.2) is 22.8 Å². The Labute approximate surface area is 140 Å². The molecule has 2 fully saturated rings. The Morgan fingerprint density at radius 3 is 2.78 bits per heavy atom. The highest BCUT2D eigenvalue weighted by molar-refractivity contribution is 5.93. The van der Waals surface area contributed by atoms with Crippen LogP contribution in [0.5, 0.6) is 0 Å². The van der Waals surface area contributed by atoms with E-state index in [0.29, 0.717) is 23.0 Å². The summed E-state index contributed by atoms with van der Waals surface area (Å²) in [5.41, 5.74) is 5.11. The molecule has 0 amide bonds. The fourth-order valence-corrected chi connectivity index (χ4v) is 6.49. The van der Waals surface area contributed by atoms with Gasteiger partial charge in [-0.15, -0.1) is 5.92 Å². The highest BCUT2D eigenvalue weighted by atomic mass is 16.1. The lowest BCUT2D eigenvalue weighted by atomic mass is 9.53. The molecule has 122 valence electrons. The zero-order valence-corrected chi connectivity index (χ0v) is 14.7. The van der Waals surface area contributed by atoms with E-state index >= 15 is 0 Å². The quantitative estimate of drug-likeness (QED) is 0.570. The number of ketones is 1. The van der Waals surface area contributed by atoms with Gasteiger partial charge in [0.2, 0.25) is 0 Å². The third kappa shape index (κ3) is 2.18. The molecule has 4 aliphatic rings. The average molecular weight is 308 g/mol. The van der Waals surface area contributed by atoms with Gasteiger partial charge in [-0.05, 0) is 85.8 Å². The van der Waals surface area contributed by atoms with Crippen molar-refractivity contribution in [3.05, 3.63) is 22.8 Å². The van der Waals surface area contributed by atoms with E-state index in [2.05, 4.69) is 25.7 Å². The molecular formula is C22H28O. The van der Waals surface area contributed by atoms with Gasteiger partial charge >= 0.3 is 0 Å². The fourth-order valence-electron chi connectivity index (χ4n) is 6.49. The zero-order chi connectivity index (χ0) is 16.2. The summed E-state index contributed by atoms with van der Waals surface area (Å²) in [4.78, 5) is 11.8. The number of allylic oxidation sites excluding steroid dienone is 4. The Morgan fingerprint density at radius 1 is 1.17 bits per heavy atom. The van der Waals surface area contributed by atoms with Gasteiger partial charge in [0.25, 0.3) is 0 Å². The minimum Gasteiger partial charge on any atom is -0.295 e. The maximum atomic E-state index is 11.8. The standard InChI is InChI=1S/C22H28O/c1-4-5-16-7-11-20-19-9-6-15-12-17(23)8-10-18(15)21(19)14(2)13-22(16,20)3/h12,14,16,19-20H,6-11,13H2,1-3H3. The first-order chi connectivity index (χ1) is 11.0. The average Bonchev–Trinajstić information content (AvgIpc) is 2.83. The van der Waals surface area contributed by atoms with E-state index < -0.39 is 0 Å². The minimum atomic E-state index is 0.343. The SMILES string of the molecule is CC#CC1CCC2C3CCC4=CC(=O)CCC4=C3C(C)CC12C. The van der Waals surface area contributed by atoms with Crippen LogP contribution in [0.4, 0.5) is 0 Å². The molecule has 0 N–H and O–H groups in total. The van der Waals surface area contributed by atoms with E-state index in [1.807, 2.05) is 13.0 Å². The van der Waals surface area contributed by atoms with Gasteiger partial charge in [-0.2, -0.15) is 0 Å². The first kappa shape index (κ1) is 15.3. The van der Waals surface area contributed by atoms with Gasteiger partial charge in [0.1, 0.15) is 0 Å². The van der Waals surface area contributed by atoms with Gasteiger partial charge in [-0.3, -0.25) is 4.79 Å². The summed E-state index contributed by atoms with van der Waals surface area (Å²) < 4.78 is 0. The van der Waals surface area contributed by atoms with Crippen LogP contribution in [0.1, 0.15) is 65.7 Å². The fraction of sp³-hybridized carbons (Fsp3) is 0.682. The predicted octanol–water partition coefficient (Wildman–Crippen LogP) is 5.08. The first-order valence-corrected chi connectivity index (χ1v) is 9.43. The minimum absolute atomic E-state index is 0.343. The van der Waals surface area contributed by atoms with Gasteiger partial charge in [0, 0.05) is 12.3 Å². The molecule has 0 aromatic heterocycles. The number of hydrogen-bond acceptors (Lipinski definition) is 1. The highest BCUT2D eigenvalue weighted by Crippen LogP contribution is 2.63. The van der Waals surface area contributed by atoms with E-state index in [9.17, 15) is 4.79 Å². The number of carbonyl (C=O) groups is 1. The molecule has 0 spiro atoms. The third-order valence-corrected chi connectivity index (χ3v) is 7.31. The first-order valence-electron chi connectivity index (χ1n) is 9.43. The molecule has 2 saturated carbocycles. The molecule has 4 aliphatic carbocycles. The van der Waals surface area contributed by atoms with Crippen LogP contribution in [0.3, 0.4) is 0 Å². The van der Waals surface area contributed by atoms with Gasteiger partial charge in [0.05, 0.1) is 0 Å². The molecule has 4 rings (SSSR count). The van der Waals surface area contributed by atoms with Crippen LogP contribution < -0.4 is 0 Å². The van der Waals surface area contributed by atoms with Crippen molar-refractivity contribution in [3.63, 3.8) is 0 Å². The summed E-state index contributed by atoms with van der Waals surface area (Å²) in [5.74, 6) is 9.90. The second-order valence-corrected chi connectivity index (χ2v) is 8.46. The smallest absolute Gasteiger partial charge is 0.156 e. The lowest BCUT2D eigenvalue weighted by Gasteiger charge is -2.51. The molecule has 5 atom stereocenters. The number of hydrogen-bond donors (Lipinski definition) is 0. The lowest BCUT2D eigenvalue weighted by Crippen LogP contribution is -2.43. The van der Waals surface area contributed by atoms with Crippen molar-refractivity contribution < 1.29 is 4.79 Å². The maximum absolute atomic E-state index is 11.8. The van der Waals surface area contributed by atoms with E-state index in [1.165, 1.54) is 31.3 Å². The molecule has 1 heteroatoms. The molecule has 0 bridgehead atoms. The molecule has 0 heterocycles.